The summed E-state index contributed by atoms with van der Waals surface area (Å²) in [6.07, 6.45) is 0.958. The highest BCUT2D eigenvalue weighted by atomic mass is 32.1. The molecule has 1 aromatic carbocycles. The van der Waals surface area contributed by atoms with Crippen molar-refractivity contribution in [3.05, 3.63) is 28.5 Å². The fourth-order valence-electron chi connectivity index (χ4n) is 1.88. The second kappa shape index (κ2) is 4.46. The summed E-state index contributed by atoms with van der Waals surface area (Å²) in [5.74, 6) is -1.19. The Kier molecular flexibility index (Phi) is 3.27. The van der Waals surface area contributed by atoms with E-state index in [0.717, 1.165) is 12.5 Å². The van der Waals surface area contributed by atoms with E-state index in [0.29, 0.717) is 16.8 Å². The van der Waals surface area contributed by atoms with Crippen molar-refractivity contribution in [1.82, 2.24) is 9.55 Å². The molecule has 0 radical (unpaired) electrons. The highest BCUT2D eigenvalue weighted by Crippen LogP contribution is 2.26. The minimum absolute atomic E-state index is 0.0240. The van der Waals surface area contributed by atoms with Gasteiger partial charge in [0.05, 0.1) is 5.52 Å². The molecule has 1 heterocycles. The Morgan fingerprint density at radius 2 is 2.00 bits per heavy atom. The van der Waals surface area contributed by atoms with Crippen LogP contribution in [-0.2, 0) is 6.54 Å². The summed E-state index contributed by atoms with van der Waals surface area (Å²) in [6, 6.07) is 2.18. The van der Waals surface area contributed by atoms with Gasteiger partial charge in [0.2, 0.25) is 0 Å². The molecule has 2 rings (SSSR count). The molecule has 0 aliphatic carbocycles. The molecule has 0 fully saturated rings. The van der Waals surface area contributed by atoms with Crippen LogP contribution in [0.25, 0.3) is 11.0 Å². The maximum atomic E-state index is 13.6. The Morgan fingerprint density at radius 1 is 1.33 bits per heavy atom. The van der Waals surface area contributed by atoms with Crippen molar-refractivity contribution >= 4 is 23.3 Å². The van der Waals surface area contributed by atoms with E-state index in [9.17, 15) is 8.78 Å². The summed E-state index contributed by atoms with van der Waals surface area (Å²) in [4.78, 5) is 2.81. The van der Waals surface area contributed by atoms with Crippen molar-refractivity contribution in [2.75, 3.05) is 0 Å². The lowest BCUT2D eigenvalue weighted by Gasteiger charge is -2.23. The number of H-pyrrole nitrogens is 1. The van der Waals surface area contributed by atoms with E-state index < -0.39 is 11.6 Å². The molecule has 2 nitrogen and oxygen atoms in total. The molecule has 18 heavy (non-hydrogen) atoms. The maximum absolute atomic E-state index is 13.6. The first-order chi connectivity index (χ1) is 8.34. The summed E-state index contributed by atoms with van der Waals surface area (Å²) < 4.78 is 29.1. The third-order valence-electron chi connectivity index (χ3n) is 3.35. The zero-order chi connectivity index (χ0) is 13.5. The van der Waals surface area contributed by atoms with Gasteiger partial charge in [-0.05, 0) is 30.1 Å². The summed E-state index contributed by atoms with van der Waals surface area (Å²) in [6.45, 7) is 6.91. The van der Waals surface area contributed by atoms with Crippen LogP contribution >= 0.6 is 12.2 Å². The monoisotopic (exact) mass is 270 g/mol. The van der Waals surface area contributed by atoms with Crippen LogP contribution in [0.5, 0.6) is 0 Å². The highest BCUT2D eigenvalue weighted by molar-refractivity contribution is 7.71. The minimum atomic E-state index is -0.607. The third-order valence-corrected chi connectivity index (χ3v) is 3.67. The number of aromatic amines is 1. The lowest BCUT2D eigenvalue weighted by Crippen LogP contribution is -2.18. The average molecular weight is 270 g/mol. The van der Waals surface area contributed by atoms with E-state index in [1.807, 2.05) is 0 Å². The van der Waals surface area contributed by atoms with Crippen LogP contribution in [0.4, 0.5) is 8.78 Å². The van der Waals surface area contributed by atoms with Crippen molar-refractivity contribution < 1.29 is 8.78 Å². The zero-order valence-electron chi connectivity index (χ0n) is 10.7. The van der Waals surface area contributed by atoms with E-state index in [-0.39, 0.29) is 10.9 Å². The van der Waals surface area contributed by atoms with Crippen molar-refractivity contribution in [3.8, 4) is 0 Å². The summed E-state index contributed by atoms with van der Waals surface area (Å²) in [5, 5.41) is 0. The molecule has 0 aliphatic heterocycles. The molecule has 1 N–H and O–H groups in total. The molecule has 5 heteroatoms. The van der Waals surface area contributed by atoms with Crippen molar-refractivity contribution in [1.29, 1.82) is 0 Å². The molecule has 0 atom stereocenters. The third kappa shape index (κ3) is 2.32. The Morgan fingerprint density at radius 3 is 2.61 bits per heavy atom. The molecule has 0 spiro atoms. The predicted octanol–water partition coefficient (Wildman–Crippen LogP) is 4.41. The molecule has 0 aliphatic rings. The standard InChI is InChI=1S/C13H16F2N2S/c1-4-13(2,3)7-17-10-6-8(14)5-9(15)11(10)16-12(17)18/h5-6H,4,7H2,1-3H3,(H,16,18). The summed E-state index contributed by atoms with van der Waals surface area (Å²) >= 11 is 5.19. The van der Waals surface area contributed by atoms with Crippen LogP contribution in [0.1, 0.15) is 27.2 Å². The van der Waals surface area contributed by atoms with Gasteiger partial charge < -0.3 is 9.55 Å². The second-order valence-electron chi connectivity index (χ2n) is 5.32. The number of imidazole rings is 1. The fourth-order valence-corrected chi connectivity index (χ4v) is 2.14. The first-order valence-corrected chi connectivity index (χ1v) is 6.32. The quantitative estimate of drug-likeness (QED) is 0.819. The van der Waals surface area contributed by atoms with E-state index in [1.165, 1.54) is 6.07 Å². The van der Waals surface area contributed by atoms with Gasteiger partial charge in [-0.25, -0.2) is 8.78 Å². The highest BCUT2D eigenvalue weighted by Gasteiger charge is 2.19. The van der Waals surface area contributed by atoms with Crippen LogP contribution in [0.3, 0.4) is 0 Å². The van der Waals surface area contributed by atoms with E-state index in [1.54, 1.807) is 4.57 Å². The van der Waals surface area contributed by atoms with Crippen LogP contribution in [0.15, 0.2) is 12.1 Å². The maximum Gasteiger partial charge on any atom is 0.178 e. The summed E-state index contributed by atoms with van der Waals surface area (Å²) in [5.41, 5.74) is 0.781. The van der Waals surface area contributed by atoms with Gasteiger partial charge in [0.25, 0.3) is 0 Å². The van der Waals surface area contributed by atoms with Gasteiger partial charge in [-0.2, -0.15) is 0 Å². The normalized spacial score (nSPS) is 12.3. The van der Waals surface area contributed by atoms with Crippen LogP contribution < -0.4 is 0 Å². The Labute approximate surface area is 110 Å². The number of nitrogens with zero attached hydrogens (tertiary/aromatic N) is 1. The number of hydrogen-bond acceptors (Lipinski definition) is 1. The number of hydrogen-bond donors (Lipinski definition) is 1. The molecular weight excluding hydrogens is 254 g/mol. The van der Waals surface area contributed by atoms with Gasteiger partial charge in [-0.3, -0.25) is 0 Å². The van der Waals surface area contributed by atoms with E-state index >= 15 is 0 Å². The number of nitrogens with one attached hydrogen (secondary N) is 1. The lowest BCUT2D eigenvalue weighted by molar-refractivity contribution is 0.297. The number of halogens is 2. The van der Waals surface area contributed by atoms with Gasteiger partial charge in [-0.15, -0.1) is 0 Å². The lowest BCUT2D eigenvalue weighted by atomic mass is 9.90. The molecule has 0 unspecified atom stereocenters. The largest absolute Gasteiger partial charge is 0.328 e. The second-order valence-corrected chi connectivity index (χ2v) is 5.70. The molecule has 0 bridgehead atoms. The van der Waals surface area contributed by atoms with Crippen molar-refractivity contribution in [2.45, 2.75) is 33.7 Å². The number of benzene rings is 1. The van der Waals surface area contributed by atoms with Crippen LogP contribution in [-0.4, -0.2) is 9.55 Å². The smallest absolute Gasteiger partial charge is 0.178 e. The molecule has 1 aromatic heterocycles. The Bertz CT molecular complexity index is 640. The number of rotatable bonds is 3. The minimum Gasteiger partial charge on any atom is -0.328 e. The Hall–Kier alpha value is -1.23. The predicted molar refractivity (Wildman–Crippen MR) is 71.1 cm³/mol. The molecule has 0 amide bonds. The van der Waals surface area contributed by atoms with Gasteiger partial charge >= 0.3 is 0 Å². The average Bonchev–Trinajstić information content (AvgIpc) is 2.57. The van der Waals surface area contributed by atoms with E-state index in [2.05, 4.69) is 25.8 Å². The number of aromatic nitrogens is 2. The van der Waals surface area contributed by atoms with Crippen LogP contribution in [0, 0.1) is 21.8 Å². The van der Waals surface area contributed by atoms with Crippen molar-refractivity contribution in [2.24, 2.45) is 5.41 Å². The molecule has 2 aromatic rings. The summed E-state index contributed by atoms with van der Waals surface area (Å²) in [7, 11) is 0. The zero-order valence-corrected chi connectivity index (χ0v) is 11.5. The van der Waals surface area contributed by atoms with Crippen LogP contribution in [0.2, 0.25) is 0 Å². The topological polar surface area (TPSA) is 20.7 Å². The molecule has 0 saturated carbocycles. The number of fused-ring (bicyclic) bond motifs is 1. The first kappa shape index (κ1) is 13.2. The molecular formula is C13H16F2N2S. The van der Waals surface area contributed by atoms with Gasteiger partial charge in [0.15, 0.2) is 10.6 Å². The van der Waals surface area contributed by atoms with Gasteiger partial charge in [0, 0.05) is 12.6 Å². The van der Waals surface area contributed by atoms with Gasteiger partial charge in [0.1, 0.15) is 11.3 Å². The first-order valence-electron chi connectivity index (χ1n) is 5.91. The molecule has 0 saturated heterocycles. The Balaban J connectivity index is 2.64. The SMILES string of the molecule is CCC(C)(C)Cn1c(=S)[nH]c2c(F)cc(F)cc21. The molecule has 98 valence electrons. The van der Waals surface area contributed by atoms with E-state index in [4.69, 9.17) is 12.2 Å². The van der Waals surface area contributed by atoms with Gasteiger partial charge in [-0.1, -0.05) is 20.8 Å². The fraction of sp³-hybridized carbons (Fsp3) is 0.462. The van der Waals surface area contributed by atoms with Crippen molar-refractivity contribution in [3.63, 3.8) is 0 Å².